The molecule has 0 aliphatic carbocycles. The molecule has 0 aromatic heterocycles. The number of carbonyl (C=O) groups excluding carboxylic acids is 1. The zero-order valence-electron chi connectivity index (χ0n) is 9.94. The van der Waals surface area contributed by atoms with E-state index in [1.54, 1.807) is 4.90 Å². The molecule has 1 aliphatic rings. The Balaban J connectivity index is 2.78. The molecule has 1 heterocycles. The second-order valence-electron chi connectivity index (χ2n) is 4.32. The Morgan fingerprint density at radius 2 is 2.20 bits per heavy atom. The van der Waals surface area contributed by atoms with Gasteiger partial charge in [0, 0.05) is 19.6 Å². The van der Waals surface area contributed by atoms with Gasteiger partial charge in [-0.05, 0) is 26.3 Å². The highest BCUT2D eigenvalue weighted by molar-refractivity contribution is 5.82. The summed E-state index contributed by atoms with van der Waals surface area (Å²) in [5.41, 5.74) is 0. The number of aliphatic hydroxyl groups excluding tert-OH is 1. The third-order valence-electron chi connectivity index (χ3n) is 3.25. The van der Waals surface area contributed by atoms with Crippen molar-refractivity contribution in [1.29, 1.82) is 0 Å². The highest BCUT2D eigenvalue weighted by Crippen LogP contribution is 2.15. The minimum atomic E-state index is -0.333. The number of carbonyl (C=O) groups is 1. The summed E-state index contributed by atoms with van der Waals surface area (Å²) >= 11 is 0. The number of nitrogens with zero attached hydrogens (tertiary/aromatic N) is 2. The van der Waals surface area contributed by atoms with E-state index < -0.39 is 0 Å². The smallest absolute Gasteiger partial charge is 0.242 e. The van der Waals surface area contributed by atoms with Gasteiger partial charge in [-0.2, -0.15) is 0 Å². The highest BCUT2D eigenvalue weighted by atomic mass is 16.3. The summed E-state index contributed by atoms with van der Waals surface area (Å²) in [6.07, 6.45) is 2.00. The van der Waals surface area contributed by atoms with Gasteiger partial charge in [0.05, 0.1) is 6.61 Å². The van der Waals surface area contributed by atoms with Crippen LogP contribution >= 0.6 is 0 Å². The Bertz CT molecular complexity index is 221. The summed E-state index contributed by atoms with van der Waals surface area (Å²) in [6, 6.07) is -0.0618. The van der Waals surface area contributed by atoms with Crippen molar-refractivity contribution in [2.45, 2.75) is 38.8 Å². The van der Waals surface area contributed by atoms with Gasteiger partial charge in [0.15, 0.2) is 0 Å². The molecule has 1 fully saturated rings. The number of hydrogen-bond acceptors (Lipinski definition) is 3. The van der Waals surface area contributed by atoms with Crippen molar-refractivity contribution in [3.8, 4) is 0 Å². The first-order valence-corrected chi connectivity index (χ1v) is 5.73. The van der Waals surface area contributed by atoms with Crippen molar-refractivity contribution >= 4 is 5.91 Å². The molecule has 0 radical (unpaired) electrons. The first-order valence-electron chi connectivity index (χ1n) is 5.73. The molecule has 1 amide bonds. The molecule has 2 unspecified atom stereocenters. The second kappa shape index (κ2) is 5.47. The van der Waals surface area contributed by atoms with Crippen molar-refractivity contribution in [3.05, 3.63) is 0 Å². The topological polar surface area (TPSA) is 43.8 Å². The zero-order valence-corrected chi connectivity index (χ0v) is 9.94. The summed E-state index contributed by atoms with van der Waals surface area (Å²) in [5.74, 6) is 0.0518. The molecule has 88 valence electrons. The number of likely N-dealkylation sites (N-methyl/N-ethyl adjacent to an activating group) is 1. The number of rotatable bonds is 3. The van der Waals surface area contributed by atoms with Crippen LogP contribution in [0.3, 0.4) is 0 Å². The molecule has 1 saturated heterocycles. The Morgan fingerprint density at radius 3 is 2.73 bits per heavy atom. The maximum Gasteiger partial charge on any atom is 0.242 e. The van der Waals surface area contributed by atoms with E-state index in [1.165, 1.54) is 0 Å². The Morgan fingerprint density at radius 1 is 1.53 bits per heavy atom. The van der Waals surface area contributed by atoms with Crippen LogP contribution in [0.2, 0.25) is 0 Å². The summed E-state index contributed by atoms with van der Waals surface area (Å²) in [5, 5.41) is 9.30. The summed E-state index contributed by atoms with van der Waals surface area (Å²) in [4.78, 5) is 15.9. The monoisotopic (exact) mass is 214 g/mol. The lowest BCUT2D eigenvalue weighted by Crippen LogP contribution is -2.48. The molecule has 4 nitrogen and oxygen atoms in total. The van der Waals surface area contributed by atoms with E-state index in [2.05, 4.69) is 18.7 Å². The van der Waals surface area contributed by atoms with Crippen LogP contribution in [0.25, 0.3) is 0 Å². The van der Waals surface area contributed by atoms with E-state index in [1.807, 2.05) is 7.05 Å². The lowest BCUT2D eigenvalue weighted by atomic mass is 10.2. The standard InChI is InChI=1S/C11H22N2O2/c1-4-6-13-7-5-9(2)12(3)11(15)10(13)8-14/h9-10,14H,4-8H2,1-3H3. The van der Waals surface area contributed by atoms with Crippen LogP contribution in [-0.4, -0.2) is 59.6 Å². The number of amides is 1. The minimum absolute atomic E-state index is 0.0518. The SMILES string of the molecule is CCCN1CCC(C)N(C)C(=O)C1CO. The minimum Gasteiger partial charge on any atom is -0.394 e. The van der Waals surface area contributed by atoms with Crippen molar-refractivity contribution in [2.24, 2.45) is 0 Å². The lowest BCUT2D eigenvalue weighted by molar-refractivity contribution is -0.136. The molecule has 1 rings (SSSR count). The van der Waals surface area contributed by atoms with Crippen LogP contribution in [0, 0.1) is 0 Å². The number of hydrogen-bond donors (Lipinski definition) is 1. The molecule has 0 aromatic rings. The van der Waals surface area contributed by atoms with Crippen molar-refractivity contribution < 1.29 is 9.90 Å². The van der Waals surface area contributed by atoms with E-state index in [0.29, 0.717) is 0 Å². The Labute approximate surface area is 91.9 Å². The molecule has 1 N–H and O–H groups in total. The van der Waals surface area contributed by atoms with Crippen LogP contribution in [0.15, 0.2) is 0 Å². The van der Waals surface area contributed by atoms with Gasteiger partial charge in [-0.25, -0.2) is 0 Å². The van der Waals surface area contributed by atoms with E-state index >= 15 is 0 Å². The fourth-order valence-electron chi connectivity index (χ4n) is 2.06. The zero-order chi connectivity index (χ0) is 11.4. The summed E-state index contributed by atoms with van der Waals surface area (Å²) in [6.45, 7) is 5.86. The van der Waals surface area contributed by atoms with Crippen LogP contribution in [-0.2, 0) is 4.79 Å². The summed E-state index contributed by atoms with van der Waals surface area (Å²) < 4.78 is 0. The average Bonchev–Trinajstić information content (AvgIpc) is 2.32. The lowest BCUT2D eigenvalue weighted by Gasteiger charge is -2.28. The number of aliphatic hydroxyl groups is 1. The first kappa shape index (κ1) is 12.5. The third kappa shape index (κ3) is 2.69. The molecular formula is C11H22N2O2. The Hall–Kier alpha value is -0.610. The van der Waals surface area contributed by atoms with Gasteiger partial charge in [-0.15, -0.1) is 0 Å². The van der Waals surface area contributed by atoms with E-state index in [4.69, 9.17) is 0 Å². The third-order valence-corrected chi connectivity index (χ3v) is 3.25. The highest BCUT2D eigenvalue weighted by Gasteiger charge is 2.32. The van der Waals surface area contributed by atoms with Gasteiger partial charge in [0.1, 0.15) is 6.04 Å². The predicted molar refractivity (Wildman–Crippen MR) is 59.6 cm³/mol. The predicted octanol–water partition coefficient (Wildman–Crippen LogP) is 0.310. The van der Waals surface area contributed by atoms with Gasteiger partial charge >= 0.3 is 0 Å². The van der Waals surface area contributed by atoms with Gasteiger partial charge in [0.2, 0.25) is 5.91 Å². The van der Waals surface area contributed by atoms with E-state index in [9.17, 15) is 9.90 Å². The fraction of sp³-hybridized carbons (Fsp3) is 0.909. The van der Waals surface area contributed by atoms with Gasteiger partial charge in [-0.1, -0.05) is 6.92 Å². The molecule has 1 aliphatic heterocycles. The van der Waals surface area contributed by atoms with Crippen LogP contribution in [0.1, 0.15) is 26.7 Å². The van der Waals surface area contributed by atoms with Crippen molar-refractivity contribution in [1.82, 2.24) is 9.80 Å². The van der Waals surface area contributed by atoms with Crippen LogP contribution in [0.5, 0.6) is 0 Å². The maximum absolute atomic E-state index is 12.0. The first-order chi connectivity index (χ1) is 7.11. The molecule has 4 heteroatoms. The fourth-order valence-corrected chi connectivity index (χ4v) is 2.06. The van der Waals surface area contributed by atoms with E-state index in [-0.39, 0.29) is 24.6 Å². The molecule has 0 aromatic carbocycles. The van der Waals surface area contributed by atoms with Gasteiger partial charge in [-0.3, -0.25) is 9.69 Å². The second-order valence-corrected chi connectivity index (χ2v) is 4.32. The quantitative estimate of drug-likeness (QED) is 0.735. The molecular weight excluding hydrogens is 192 g/mol. The van der Waals surface area contributed by atoms with Crippen LogP contribution in [0.4, 0.5) is 0 Å². The Kier molecular flexibility index (Phi) is 4.54. The maximum atomic E-state index is 12.0. The van der Waals surface area contributed by atoms with E-state index in [0.717, 1.165) is 25.9 Å². The molecule has 0 spiro atoms. The van der Waals surface area contributed by atoms with Crippen molar-refractivity contribution in [3.63, 3.8) is 0 Å². The molecule has 15 heavy (non-hydrogen) atoms. The van der Waals surface area contributed by atoms with Gasteiger partial charge in [0.25, 0.3) is 0 Å². The molecule has 2 atom stereocenters. The molecule has 0 bridgehead atoms. The van der Waals surface area contributed by atoms with Crippen LogP contribution < -0.4 is 0 Å². The summed E-state index contributed by atoms with van der Waals surface area (Å²) in [7, 11) is 1.82. The molecule has 0 saturated carbocycles. The largest absolute Gasteiger partial charge is 0.394 e. The van der Waals surface area contributed by atoms with Gasteiger partial charge < -0.3 is 10.0 Å². The average molecular weight is 214 g/mol. The normalized spacial score (nSPS) is 29.3. The van der Waals surface area contributed by atoms with Crippen molar-refractivity contribution in [2.75, 3.05) is 26.7 Å².